The van der Waals surface area contributed by atoms with E-state index in [-0.39, 0.29) is 55.7 Å². The van der Waals surface area contributed by atoms with Crippen molar-refractivity contribution in [1.29, 1.82) is 0 Å². The van der Waals surface area contributed by atoms with Crippen LogP contribution in [0.1, 0.15) is 48.5 Å². The van der Waals surface area contributed by atoms with Crippen LogP contribution in [0, 0.1) is 0 Å². The fourth-order valence-electron chi connectivity index (χ4n) is 7.35. The van der Waals surface area contributed by atoms with Gasteiger partial charge in [0, 0.05) is 0 Å². The lowest BCUT2D eigenvalue weighted by Gasteiger charge is -2.36. The standard InChI is InChI=1S/C57H54O14/c1-3-50(65-32-38-16-8-4-9-17-38)55(71-57(63)44-30-48(60)53(49(61)31-44)68-35-40-20-12-6-13-21-40)54(69-36-41-22-14-7-15-23-41)51(66-33-42-24-26-45(64-2)27-25-42)37-70-56(62)43-28-46(58)52(47(59)29-43)67-34-39-18-10-5-11-19-39/h3-31,50-51,54-55,58-61H,1,32-37H2,2H3/t50-,51+,54+,55+/m0/s1. The van der Waals surface area contributed by atoms with Crippen LogP contribution >= 0.6 is 0 Å². The lowest BCUT2D eigenvalue weighted by atomic mass is 10.0. The van der Waals surface area contributed by atoms with E-state index >= 15 is 0 Å². The van der Waals surface area contributed by atoms with Gasteiger partial charge in [-0.05, 0) is 64.2 Å². The Morgan fingerprint density at radius 3 is 1.32 bits per heavy atom. The average Bonchev–Trinajstić information content (AvgIpc) is 3.39. The highest BCUT2D eigenvalue weighted by atomic mass is 16.6. The fraction of sp³-hybridized carbons (Fsp3) is 0.193. The van der Waals surface area contributed by atoms with E-state index in [1.165, 1.54) is 6.08 Å². The molecule has 0 amide bonds. The molecule has 0 heterocycles. The third-order valence-electron chi connectivity index (χ3n) is 11.1. The van der Waals surface area contributed by atoms with Gasteiger partial charge in [0.2, 0.25) is 11.5 Å². The minimum Gasteiger partial charge on any atom is -0.504 e. The second-order valence-electron chi connectivity index (χ2n) is 16.2. The van der Waals surface area contributed by atoms with Gasteiger partial charge in [-0.1, -0.05) is 140 Å². The molecule has 0 aliphatic rings. The number of benzene rings is 7. The van der Waals surface area contributed by atoms with Crippen molar-refractivity contribution in [3.63, 3.8) is 0 Å². The van der Waals surface area contributed by atoms with Gasteiger partial charge in [0.05, 0.1) is 38.1 Å². The van der Waals surface area contributed by atoms with Crippen molar-refractivity contribution in [3.05, 3.63) is 221 Å². The number of phenolic OH excluding ortho intramolecular Hbond substituents is 4. The quantitative estimate of drug-likeness (QED) is 0.0313. The summed E-state index contributed by atoms with van der Waals surface area (Å²) in [5, 5.41) is 44.0. The molecular formula is C57H54O14. The van der Waals surface area contributed by atoms with E-state index in [4.69, 9.17) is 37.9 Å². The van der Waals surface area contributed by atoms with Crippen LogP contribution in [0.2, 0.25) is 0 Å². The number of methoxy groups -OCH3 is 1. The summed E-state index contributed by atoms with van der Waals surface area (Å²) in [4.78, 5) is 28.3. The Morgan fingerprint density at radius 2 is 0.887 bits per heavy atom. The van der Waals surface area contributed by atoms with Gasteiger partial charge in [0.15, 0.2) is 29.1 Å². The SMILES string of the molecule is C=C[C@H](OCc1ccccc1)[C@@H](OC(=O)c1cc(O)c(OCc2ccccc2)c(O)c1)[C@H](OCc1ccccc1)[C@@H](COC(=O)c1cc(O)c(OCc2ccccc2)c(O)c1)OCc1ccc(OC)cc1. The van der Waals surface area contributed by atoms with E-state index < -0.39 is 66.0 Å². The highest BCUT2D eigenvalue weighted by Gasteiger charge is 2.41. The predicted octanol–water partition coefficient (Wildman–Crippen LogP) is 10.0. The van der Waals surface area contributed by atoms with E-state index in [9.17, 15) is 30.0 Å². The molecule has 0 aliphatic carbocycles. The third-order valence-corrected chi connectivity index (χ3v) is 11.1. The molecule has 0 aliphatic heterocycles. The second-order valence-corrected chi connectivity index (χ2v) is 16.2. The number of hydrogen-bond acceptors (Lipinski definition) is 14. The summed E-state index contributed by atoms with van der Waals surface area (Å²) in [5.74, 6) is -3.90. The van der Waals surface area contributed by atoms with Crippen LogP contribution in [-0.2, 0) is 56.7 Å². The van der Waals surface area contributed by atoms with Crippen molar-refractivity contribution < 1.29 is 67.9 Å². The lowest BCUT2D eigenvalue weighted by molar-refractivity contribution is -0.171. The second kappa shape index (κ2) is 25.3. The summed E-state index contributed by atoms with van der Waals surface area (Å²) < 4.78 is 48.7. The number of hydrogen-bond donors (Lipinski definition) is 4. The molecule has 14 heteroatoms. The van der Waals surface area contributed by atoms with E-state index in [0.717, 1.165) is 46.5 Å². The molecule has 4 N–H and O–H groups in total. The Labute approximate surface area is 411 Å². The van der Waals surface area contributed by atoms with E-state index in [2.05, 4.69) is 6.58 Å². The molecule has 0 saturated carbocycles. The van der Waals surface area contributed by atoms with Crippen LogP contribution in [0.4, 0.5) is 0 Å². The van der Waals surface area contributed by atoms with Crippen molar-refractivity contribution >= 4 is 11.9 Å². The zero-order valence-electron chi connectivity index (χ0n) is 38.9. The molecule has 0 radical (unpaired) electrons. The van der Waals surface area contributed by atoms with Gasteiger partial charge in [-0.3, -0.25) is 0 Å². The summed E-state index contributed by atoms with van der Waals surface area (Å²) in [6, 6.07) is 48.2. The first kappa shape index (κ1) is 50.6. The Bertz CT molecular complexity index is 2740. The maximum atomic E-state index is 14.4. The fourth-order valence-corrected chi connectivity index (χ4v) is 7.35. The number of esters is 2. The van der Waals surface area contributed by atoms with Gasteiger partial charge in [-0.25, -0.2) is 9.59 Å². The van der Waals surface area contributed by atoms with Crippen molar-refractivity contribution in [2.75, 3.05) is 13.7 Å². The minimum atomic E-state index is -1.43. The topological polar surface area (TPSA) is 189 Å². The maximum Gasteiger partial charge on any atom is 0.338 e. The monoisotopic (exact) mass is 962 g/mol. The van der Waals surface area contributed by atoms with Gasteiger partial charge < -0.3 is 58.3 Å². The first-order valence-electron chi connectivity index (χ1n) is 22.6. The summed E-state index contributed by atoms with van der Waals surface area (Å²) >= 11 is 0. The van der Waals surface area contributed by atoms with Crippen molar-refractivity contribution in [1.82, 2.24) is 0 Å². The zero-order valence-corrected chi connectivity index (χ0v) is 38.9. The van der Waals surface area contributed by atoms with Gasteiger partial charge in [0.25, 0.3) is 0 Å². The Kier molecular flexibility index (Phi) is 18.1. The molecule has 7 aromatic carbocycles. The molecule has 14 nitrogen and oxygen atoms in total. The van der Waals surface area contributed by atoms with Gasteiger partial charge in [-0.15, -0.1) is 6.58 Å². The molecule has 0 aromatic heterocycles. The van der Waals surface area contributed by atoms with Crippen molar-refractivity contribution in [2.24, 2.45) is 0 Å². The molecule has 7 rings (SSSR count). The number of ether oxygens (including phenoxy) is 8. The molecule has 0 unspecified atom stereocenters. The third kappa shape index (κ3) is 14.4. The van der Waals surface area contributed by atoms with Gasteiger partial charge in [0.1, 0.15) is 43.9 Å². The molecule has 71 heavy (non-hydrogen) atoms. The number of aromatic hydroxyl groups is 4. The van der Waals surface area contributed by atoms with Crippen LogP contribution in [0.15, 0.2) is 183 Å². The van der Waals surface area contributed by atoms with E-state index in [0.29, 0.717) is 11.3 Å². The summed E-state index contributed by atoms with van der Waals surface area (Å²) in [6.45, 7) is 3.47. The Morgan fingerprint density at radius 1 is 0.493 bits per heavy atom. The number of carbonyl (C=O) groups excluding carboxylic acids is 2. The van der Waals surface area contributed by atoms with Gasteiger partial charge in [-0.2, -0.15) is 0 Å². The lowest BCUT2D eigenvalue weighted by Crippen LogP contribution is -2.51. The molecule has 366 valence electrons. The van der Waals surface area contributed by atoms with Crippen molar-refractivity contribution in [2.45, 2.75) is 57.5 Å². The number of carbonyl (C=O) groups is 2. The molecule has 0 saturated heterocycles. The molecule has 0 spiro atoms. The molecule has 0 fully saturated rings. The van der Waals surface area contributed by atoms with E-state index in [1.54, 1.807) is 31.4 Å². The van der Waals surface area contributed by atoms with Crippen LogP contribution in [0.5, 0.6) is 40.2 Å². The summed E-state index contributed by atoms with van der Waals surface area (Å²) in [5.41, 5.74) is 3.31. The largest absolute Gasteiger partial charge is 0.504 e. The number of rotatable bonds is 25. The van der Waals surface area contributed by atoms with Crippen LogP contribution in [-0.4, -0.2) is 70.5 Å². The highest BCUT2D eigenvalue weighted by Crippen LogP contribution is 2.39. The normalized spacial score (nSPS) is 12.7. The first-order chi connectivity index (χ1) is 34.6. The summed E-state index contributed by atoms with van der Waals surface area (Å²) in [6.07, 6.45) is -3.70. The molecule has 0 bridgehead atoms. The number of phenols is 4. The zero-order chi connectivity index (χ0) is 50.0. The highest BCUT2D eigenvalue weighted by molar-refractivity contribution is 5.92. The molecule has 4 atom stereocenters. The van der Waals surface area contributed by atoms with Crippen LogP contribution in [0.25, 0.3) is 0 Å². The average molecular weight is 963 g/mol. The predicted molar refractivity (Wildman–Crippen MR) is 262 cm³/mol. The molecular weight excluding hydrogens is 909 g/mol. The smallest absolute Gasteiger partial charge is 0.338 e. The first-order valence-corrected chi connectivity index (χ1v) is 22.6. The van der Waals surface area contributed by atoms with Crippen LogP contribution in [0.3, 0.4) is 0 Å². The van der Waals surface area contributed by atoms with E-state index in [1.807, 2.05) is 121 Å². The van der Waals surface area contributed by atoms with Gasteiger partial charge >= 0.3 is 11.9 Å². The molecule has 7 aromatic rings. The minimum absolute atomic E-state index is 0.0212. The van der Waals surface area contributed by atoms with Crippen LogP contribution < -0.4 is 14.2 Å². The summed E-state index contributed by atoms with van der Waals surface area (Å²) in [7, 11) is 1.55. The van der Waals surface area contributed by atoms with Crippen molar-refractivity contribution in [3.8, 4) is 40.2 Å². The Balaban J connectivity index is 1.23. The maximum absolute atomic E-state index is 14.4. The Hall–Kier alpha value is -8.30.